The molecule has 0 radical (unpaired) electrons. The van der Waals surface area contributed by atoms with Gasteiger partial charge in [-0.05, 0) is 46.7 Å². The lowest BCUT2D eigenvalue weighted by molar-refractivity contribution is 1.17. The highest BCUT2D eigenvalue weighted by Crippen LogP contribution is 2.32. The largest absolute Gasteiger partial charge is 0.284 e. The Morgan fingerprint density at radius 1 is 0.821 bits per heavy atom. The Hall–Kier alpha value is -3.43. The first-order valence-electron chi connectivity index (χ1n) is 9.04. The van der Waals surface area contributed by atoms with Gasteiger partial charge in [-0.2, -0.15) is 0 Å². The number of aromatic nitrogens is 2. The number of fused-ring (bicyclic) bond motifs is 2. The molecule has 0 saturated heterocycles. The van der Waals surface area contributed by atoms with E-state index >= 15 is 0 Å². The van der Waals surface area contributed by atoms with Gasteiger partial charge in [0.15, 0.2) is 5.82 Å². The van der Waals surface area contributed by atoms with E-state index in [0.29, 0.717) is 5.02 Å². The second-order valence-electron chi connectivity index (χ2n) is 6.58. The lowest BCUT2D eigenvalue weighted by Gasteiger charge is -2.03. The van der Waals surface area contributed by atoms with Crippen LogP contribution in [0.5, 0.6) is 0 Å². The molecule has 134 valence electrons. The van der Waals surface area contributed by atoms with E-state index in [-0.39, 0.29) is 0 Å². The molecule has 0 fully saturated rings. The van der Waals surface area contributed by atoms with Gasteiger partial charge in [0.25, 0.3) is 0 Å². The molecule has 0 N–H and O–H groups in total. The molecule has 5 aromatic rings. The molecule has 0 saturated carbocycles. The molecule has 0 amide bonds. The van der Waals surface area contributed by atoms with Gasteiger partial charge >= 0.3 is 0 Å². The summed E-state index contributed by atoms with van der Waals surface area (Å²) < 4.78 is 2.01. The minimum atomic E-state index is 0.712. The molecule has 3 nitrogen and oxygen atoms in total. The Bertz CT molecular complexity index is 1320. The molecule has 0 aliphatic heterocycles. The molecule has 5 rings (SSSR count). The number of benzene rings is 3. The van der Waals surface area contributed by atoms with Gasteiger partial charge in [-0.15, -0.1) is 0 Å². The molecule has 0 bridgehead atoms. The molecule has 3 aromatic carbocycles. The van der Waals surface area contributed by atoms with Crippen LogP contribution in [0.25, 0.3) is 27.7 Å². The van der Waals surface area contributed by atoms with Crippen molar-refractivity contribution in [3.05, 3.63) is 102 Å². The Balaban J connectivity index is 1.67. The third-order valence-electron chi connectivity index (χ3n) is 4.73. The highest BCUT2D eigenvalue weighted by Gasteiger charge is 2.13. The van der Waals surface area contributed by atoms with Crippen molar-refractivity contribution in [3.8, 4) is 11.3 Å². The third-order valence-corrected chi connectivity index (χ3v) is 4.99. The summed E-state index contributed by atoms with van der Waals surface area (Å²) >= 11 is 5.98. The number of nitrogens with zero attached hydrogens (tertiary/aromatic N) is 3. The maximum atomic E-state index is 5.98. The highest BCUT2D eigenvalue weighted by atomic mass is 35.5. The van der Waals surface area contributed by atoms with Gasteiger partial charge in [-0.3, -0.25) is 4.40 Å². The van der Waals surface area contributed by atoms with Crippen molar-refractivity contribution < 1.29 is 0 Å². The summed E-state index contributed by atoms with van der Waals surface area (Å²) in [6.45, 7) is 0. The van der Waals surface area contributed by atoms with Gasteiger partial charge in [0.1, 0.15) is 11.3 Å². The van der Waals surface area contributed by atoms with E-state index in [2.05, 4.69) is 42.5 Å². The Morgan fingerprint density at radius 2 is 1.61 bits per heavy atom. The van der Waals surface area contributed by atoms with E-state index in [1.54, 1.807) is 0 Å². The SMILES string of the molecule is Clc1ccc(C=Nc2c(-c3ccc4ccccc4c3)nc3ccccn23)cc1. The third kappa shape index (κ3) is 3.06. The quantitative estimate of drug-likeness (QED) is 0.325. The summed E-state index contributed by atoms with van der Waals surface area (Å²) in [6, 6.07) is 28.3. The van der Waals surface area contributed by atoms with Gasteiger partial charge in [0.05, 0.1) is 0 Å². The van der Waals surface area contributed by atoms with Crippen LogP contribution in [0.1, 0.15) is 5.56 Å². The van der Waals surface area contributed by atoms with Gasteiger partial charge < -0.3 is 0 Å². The number of halogens is 1. The van der Waals surface area contributed by atoms with Crippen molar-refractivity contribution in [1.82, 2.24) is 9.38 Å². The predicted octanol–water partition coefficient (Wildman–Crippen LogP) is 6.56. The summed E-state index contributed by atoms with van der Waals surface area (Å²) in [5, 5.41) is 3.11. The Morgan fingerprint density at radius 3 is 2.46 bits per heavy atom. The van der Waals surface area contributed by atoms with E-state index in [0.717, 1.165) is 28.3 Å². The smallest absolute Gasteiger partial charge is 0.165 e. The van der Waals surface area contributed by atoms with Gasteiger partial charge in [0.2, 0.25) is 0 Å². The number of hydrogen-bond donors (Lipinski definition) is 0. The van der Waals surface area contributed by atoms with Crippen molar-refractivity contribution in [2.24, 2.45) is 4.99 Å². The van der Waals surface area contributed by atoms with Crippen LogP contribution in [0.4, 0.5) is 5.82 Å². The molecule has 0 aliphatic rings. The van der Waals surface area contributed by atoms with Crippen LogP contribution in [0.15, 0.2) is 96.1 Å². The summed E-state index contributed by atoms with van der Waals surface area (Å²) in [7, 11) is 0. The van der Waals surface area contributed by atoms with Gasteiger partial charge in [-0.1, -0.05) is 66.2 Å². The van der Waals surface area contributed by atoms with E-state index in [1.807, 2.05) is 59.3 Å². The monoisotopic (exact) mass is 381 g/mol. The van der Waals surface area contributed by atoms with Crippen LogP contribution in [-0.2, 0) is 0 Å². The fourth-order valence-electron chi connectivity index (χ4n) is 3.32. The molecular formula is C24H16ClN3. The van der Waals surface area contributed by atoms with Crippen molar-refractivity contribution >= 4 is 40.1 Å². The van der Waals surface area contributed by atoms with E-state index in [4.69, 9.17) is 21.6 Å². The van der Waals surface area contributed by atoms with Crippen LogP contribution in [0, 0.1) is 0 Å². The number of rotatable bonds is 3. The Labute approximate surface area is 167 Å². The van der Waals surface area contributed by atoms with Crippen molar-refractivity contribution in [2.45, 2.75) is 0 Å². The maximum absolute atomic E-state index is 5.98. The summed E-state index contributed by atoms with van der Waals surface area (Å²) in [5.41, 5.74) is 3.77. The van der Waals surface area contributed by atoms with Crippen LogP contribution in [0.3, 0.4) is 0 Å². The van der Waals surface area contributed by atoms with Gasteiger partial charge in [-0.25, -0.2) is 9.98 Å². The minimum Gasteiger partial charge on any atom is -0.284 e. The molecule has 0 spiro atoms. The standard InChI is InChI=1S/C24H16ClN3/c25-21-12-8-17(9-13-21)16-26-24-23(27-22-7-3-4-14-28(22)24)20-11-10-18-5-1-2-6-19(18)15-20/h1-16H. The summed E-state index contributed by atoms with van der Waals surface area (Å²) in [4.78, 5) is 9.63. The second kappa shape index (κ2) is 6.95. The fraction of sp³-hybridized carbons (Fsp3) is 0. The first-order chi connectivity index (χ1) is 13.8. The van der Waals surface area contributed by atoms with E-state index in [1.165, 1.54) is 10.8 Å². The number of hydrogen-bond acceptors (Lipinski definition) is 2. The zero-order chi connectivity index (χ0) is 18.9. The zero-order valence-electron chi connectivity index (χ0n) is 15.0. The minimum absolute atomic E-state index is 0.712. The zero-order valence-corrected chi connectivity index (χ0v) is 15.7. The number of aliphatic imine (C=N–C) groups is 1. The molecule has 2 heterocycles. The van der Waals surface area contributed by atoms with E-state index in [9.17, 15) is 0 Å². The maximum Gasteiger partial charge on any atom is 0.165 e. The van der Waals surface area contributed by atoms with Crippen molar-refractivity contribution in [3.63, 3.8) is 0 Å². The molecule has 0 atom stereocenters. The predicted molar refractivity (Wildman–Crippen MR) is 117 cm³/mol. The van der Waals surface area contributed by atoms with Crippen LogP contribution in [-0.4, -0.2) is 15.6 Å². The van der Waals surface area contributed by atoms with Crippen LogP contribution < -0.4 is 0 Å². The highest BCUT2D eigenvalue weighted by molar-refractivity contribution is 6.30. The average Bonchev–Trinajstić information content (AvgIpc) is 3.12. The van der Waals surface area contributed by atoms with Crippen LogP contribution >= 0.6 is 11.6 Å². The molecule has 4 heteroatoms. The van der Waals surface area contributed by atoms with E-state index < -0.39 is 0 Å². The normalized spacial score (nSPS) is 11.6. The number of imidazole rings is 1. The molecule has 0 aliphatic carbocycles. The van der Waals surface area contributed by atoms with Crippen molar-refractivity contribution in [1.29, 1.82) is 0 Å². The molecule has 28 heavy (non-hydrogen) atoms. The van der Waals surface area contributed by atoms with Gasteiger partial charge in [0, 0.05) is 23.0 Å². The fourth-order valence-corrected chi connectivity index (χ4v) is 3.45. The number of pyridine rings is 1. The lowest BCUT2D eigenvalue weighted by atomic mass is 10.1. The first-order valence-corrected chi connectivity index (χ1v) is 9.42. The lowest BCUT2D eigenvalue weighted by Crippen LogP contribution is -1.85. The second-order valence-corrected chi connectivity index (χ2v) is 7.02. The first kappa shape index (κ1) is 16.7. The summed E-state index contributed by atoms with van der Waals surface area (Å²) in [5.74, 6) is 0.806. The Kier molecular flexibility index (Phi) is 4.15. The molecule has 0 unspecified atom stereocenters. The average molecular weight is 382 g/mol. The summed E-state index contributed by atoms with van der Waals surface area (Å²) in [6.07, 6.45) is 3.83. The molecule has 2 aromatic heterocycles. The van der Waals surface area contributed by atoms with Crippen LogP contribution in [0.2, 0.25) is 5.02 Å². The molecular weight excluding hydrogens is 366 g/mol. The topological polar surface area (TPSA) is 29.7 Å². The van der Waals surface area contributed by atoms with Crippen molar-refractivity contribution in [2.75, 3.05) is 0 Å².